The van der Waals surface area contributed by atoms with Crippen LogP contribution >= 0.6 is 0 Å². The highest BCUT2D eigenvalue weighted by molar-refractivity contribution is 6.30. The molecular weight excluding hydrogens is 620 g/mol. The van der Waals surface area contributed by atoms with E-state index in [1.54, 1.807) is 23.9 Å². The molecule has 50 heavy (non-hydrogen) atoms. The molecule has 0 aliphatic carbocycles. The van der Waals surface area contributed by atoms with Crippen molar-refractivity contribution in [3.63, 3.8) is 0 Å². The van der Waals surface area contributed by atoms with E-state index in [1.807, 2.05) is 48.5 Å². The molecule has 4 rings (SSSR count). The standard InChI is InChI=1S/C44H64N2O4/c1-5-7-9-11-13-15-17-19-21-23-33-49-37-29-25-35(26-30-37)41-39-40(44(48)45(41)3)42(46(4)43(39)47)36-27-31-38(32-28-36)50-34-24-22-20-18-16-14-12-10-8-6-2/h25-32H,5-24,33-34H2,1-4H3. The second kappa shape index (κ2) is 21.6. The lowest BCUT2D eigenvalue weighted by Crippen LogP contribution is -2.25. The van der Waals surface area contributed by atoms with Gasteiger partial charge < -0.3 is 19.3 Å². The van der Waals surface area contributed by atoms with Gasteiger partial charge in [0.25, 0.3) is 11.8 Å². The molecule has 6 nitrogen and oxygen atoms in total. The second-order valence-electron chi connectivity index (χ2n) is 14.3. The number of amides is 2. The van der Waals surface area contributed by atoms with E-state index in [9.17, 15) is 9.59 Å². The first kappa shape index (κ1) is 39.2. The van der Waals surface area contributed by atoms with Crippen LogP contribution in [0.2, 0.25) is 0 Å². The number of carbonyl (C=O) groups is 2. The van der Waals surface area contributed by atoms with Gasteiger partial charge in [-0.05, 0) is 72.5 Å². The van der Waals surface area contributed by atoms with Gasteiger partial charge in [-0.25, -0.2) is 0 Å². The van der Waals surface area contributed by atoms with Crippen molar-refractivity contribution < 1.29 is 19.1 Å². The van der Waals surface area contributed by atoms with Crippen molar-refractivity contribution in [3.05, 3.63) is 70.8 Å². The van der Waals surface area contributed by atoms with Crippen LogP contribution in [0.4, 0.5) is 0 Å². The highest BCUT2D eigenvalue weighted by Gasteiger charge is 2.46. The maximum absolute atomic E-state index is 13.6. The van der Waals surface area contributed by atoms with Crippen LogP contribution in [-0.4, -0.2) is 48.9 Å². The van der Waals surface area contributed by atoms with Gasteiger partial charge in [0.1, 0.15) is 11.5 Å². The first-order valence-corrected chi connectivity index (χ1v) is 20.0. The average Bonchev–Trinajstić information content (AvgIpc) is 3.54. The van der Waals surface area contributed by atoms with Gasteiger partial charge in [0.15, 0.2) is 0 Å². The van der Waals surface area contributed by atoms with Crippen LogP contribution in [0.25, 0.3) is 11.4 Å². The van der Waals surface area contributed by atoms with E-state index in [2.05, 4.69) is 13.8 Å². The number of hydrogen-bond donors (Lipinski definition) is 0. The Hall–Kier alpha value is -3.54. The molecule has 2 heterocycles. The van der Waals surface area contributed by atoms with Crippen molar-refractivity contribution in [2.75, 3.05) is 27.3 Å². The van der Waals surface area contributed by atoms with Gasteiger partial charge in [-0.1, -0.05) is 129 Å². The fourth-order valence-corrected chi connectivity index (χ4v) is 7.18. The molecule has 0 spiro atoms. The molecule has 0 saturated heterocycles. The van der Waals surface area contributed by atoms with E-state index >= 15 is 0 Å². The van der Waals surface area contributed by atoms with Crippen molar-refractivity contribution in [1.82, 2.24) is 9.80 Å². The smallest absolute Gasteiger partial charge is 0.261 e. The number of rotatable bonds is 26. The molecule has 2 aliphatic heterocycles. The van der Waals surface area contributed by atoms with Gasteiger partial charge in [-0.2, -0.15) is 0 Å². The van der Waals surface area contributed by atoms with Crippen LogP contribution in [0.5, 0.6) is 11.5 Å². The number of likely N-dealkylation sites (N-methyl/N-ethyl adjacent to an activating group) is 2. The highest BCUT2D eigenvalue weighted by atomic mass is 16.5. The highest BCUT2D eigenvalue weighted by Crippen LogP contribution is 2.45. The Morgan fingerprint density at radius 3 is 1.00 bits per heavy atom. The second-order valence-corrected chi connectivity index (χ2v) is 14.3. The Bertz CT molecular complexity index is 1280. The van der Waals surface area contributed by atoms with Gasteiger partial charge in [0.2, 0.25) is 0 Å². The Labute approximate surface area is 303 Å². The number of hydrogen-bond acceptors (Lipinski definition) is 4. The number of unbranched alkanes of at least 4 members (excludes halogenated alkanes) is 18. The molecule has 274 valence electrons. The monoisotopic (exact) mass is 684 g/mol. The molecule has 2 amide bonds. The number of nitrogens with zero attached hydrogens (tertiary/aromatic N) is 2. The fourth-order valence-electron chi connectivity index (χ4n) is 7.18. The van der Waals surface area contributed by atoms with E-state index in [-0.39, 0.29) is 11.8 Å². The van der Waals surface area contributed by atoms with Crippen molar-refractivity contribution in [3.8, 4) is 11.5 Å². The van der Waals surface area contributed by atoms with Crippen LogP contribution in [0.15, 0.2) is 59.7 Å². The molecule has 0 atom stereocenters. The molecule has 0 aromatic heterocycles. The number of ether oxygens (including phenoxy) is 2. The van der Waals surface area contributed by atoms with Crippen molar-refractivity contribution in [2.45, 2.75) is 142 Å². The van der Waals surface area contributed by atoms with E-state index in [0.29, 0.717) is 35.8 Å². The van der Waals surface area contributed by atoms with Gasteiger partial charge in [-0.15, -0.1) is 0 Å². The van der Waals surface area contributed by atoms with Crippen LogP contribution in [0, 0.1) is 0 Å². The lowest BCUT2D eigenvalue weighted by Gasteiger charge is -2.20. The van der Waals surface area contributed by atoms with E-state index in [4.69, 9.17) is 9.47 Å². The maximum atomic E-state index is 13.6. The summed E-state index contributed by atoms with van der Waals surface area (Å²) in [6.45, 7) is 5.93. The third-order valence-electron chi connectivity index (χ3n) is 10.2. The van der Waals surface area contributed by atoms with Gasteiger partial charge >= 0.3 is 0 Å². The summed E-state index contributed by atoms with van der Waals surface area (Å²) >= 11 is 0. The molecule has 0 fully saturated rings. The molecule has 0 radical (unpaired) electrons. The lowest BCUT2D eigenvalue weighted by atomic mass is 10.0. The Morgan fingerprint density at radius 2 is 0.700 bits per heavy atom. The van der Waals surface area contributed by atoms with E-state index in [1.165, 1.54) is 116 Å². The molecule has 0 unspecified atom stereocenters. The van der Waals surface area contributed by atoms with Crippen LogP contribution in [0.3, 0.4) is 0 Å². The van der Waals surface area contributed by atoms with Crippen LogP contribution < -0.4 is 9.47 Å². The van der Waals surface area contributed by atoms with Crippen molar-refractivity contribution in [1.29, 1.82) is 0 Å². The lowest BCUT2D eigenvalue weighted by molar-refractivity contribution is -0.123. The summed E-state index contributed by atoms with van der Waals surface area (Å²) < 4.78 is 12.1. The third-order valence-corrected chi connectivity index (χ3v) is 10.2. The first-order chi connectivity index (χ1) is 24.5. The largest absolute Gasteiger partial charge is 0.494 e. The molecule has 0 saturated carbocycles. The summed E-state index contributed by atoms with van der Waals surface area (Å²) in [5, 5.41) is 0. The SMILES string of the molecule is CCCCCCCCCCCCOc1ccc(C2=C3C(=O)N(C)C(c4ccc(OCCCCCCCCCCCC)cc4)=C3C(=O)N2C)cc1. The molecule has 2 aromatic rings. The summed E-state index contributed by atoms with van der Waals surface area (Å²) in [7, 11) is 3.50. The quantitative estimate of drug-likeness (QED) is 0.0926. The first-order valence-electron chi connectivity index (χ1n) is 20.0. The Balaban J connectivity index is 1.27. The minimum absolute atomic E-state index is 0.162. The normalized spacial score (nSPS) is 14.4. The Morgan fingerprint density at radius 1 is 0.420 bits per heavy atom. The minimum atomic E-state index is -0.162. The van der Waals surface area contributed by atoms with Crippen LogP contribution in [-0.2, 0) is 9.59 Å². The zero-order chi connectivity index (χ0) is 35.6. The topological polar surface area (TPSA) is 59.1 Å². The van der Waals surface area contributed by atoms with Gasteiger partial charge in [0.05, 0.1) is 35.8 Å². The van der Waals surface area contributed by atoms with Crippen molar-refractivity contribution >= 4 is 23.2 Å². The zero-order valence-corrected chi connectivity index (χ0v) is 31.7. The summed E-state index contributed by atoms with van der Waals surface area (Å²) in [5.41, 5.74) is 3.89. The van der Waals surface area contributed by atoms with Crippen LogP contribution in [0.1, 0.15) is 153 Å². The number of carbonyl (C=O) groups excluding carboxylic acids is 2. The molecule has 0 bridgehead atoms. The minimum Gasteiger partial charge on any atom is -0.494 e. The average molecular weight is 685 g/mol. The molecule has 2 aromatic carbocycles. The zero-order valence-electron chi connectivity index (χ0n) is 31.7. The summed E-state index contributed by atoms with van der Waals surface area (Å²) in [4.78, 5) is 30.5. The molecule has 2 aliphatic rings. The predicted molar refractivity (Wildman–Crippen MR) is 207 cm³/mol. The number of benzene rings is 2. The van der Waals surface area contributed by atoms with Gasteiger partial charge in [0, 0.05) is 14.1 Å². The molecular formula is C44H64N2O4. The fraction of sp³-hybridized carbons (Fsp3) is 0.591. The third kappa shape index (κ3) is 11.2. The van der Waals surface area contributed by atoms with E-state index in [0.717, 1.165) is 35.5 Å². The van der Waals surface area contributed by atoms with E-state index < -0.39 is 0 Å². The van der Waals surface area contributed by atoms with Crippen molar-refractivity contribution in [2.24, 2.45) is 0 Å². The maximum Gasteiger partial charge on any atom is 0.261 e. The summed E-state index contributed by atoms with van der Waals surface area (Å²) in [5.74, 6) is 1.30. The number of fused-ring (bicyclic) bond motifs is 1. The predicted octanol–water partition coefficient (Wildman–Crippen LogP) is 11.4. The van der Waals surface area contributed by atoms with Gasteiger partial charge in [-0.3, -0.25) is 9.59 Å². The molecule has 0 N–H and O–H groups in total. The molecule has 6 heteroatoms. The summed E-state index contributed by atoms with van der Waals surface area (Å²) in [6.07, 6.45) is 25.9. The Kier molecular flexibility index (Phi) is 17.0. The summed E-state index contributed by atoms with van der Waals surface area (Å²) in [6, 6.07) is 15.6.